The van der Waals surface area contributed by atoms with Gasteiger partial charge in [-0.3, -0.25) is 0 Å². The second-order valence-electron chi connectivity index (χ2n) is 8.00. The largest absolute Gasteiger partial charge is 0.748 e. The summed E-state index contributed by atoms with van der Waals surface area (Å²) in [6, 6.07) is 7.59. The number of hydrogen-bond acceptors (Lipinski definition) is 8. The number of ether oxygens (including phenoxy) is 1. The van der Waals surface area contributed by atoms with Gasteiger partial charge in [-0.1, -0.05) is 39.8 Å². The number of halogens is 2. The van der Waals surface area contributed by atoms with E-state index in [-0.39, 0.29) is 19.2 Å². The van der Waals surface area contributed by atoms with Gasteiger partial charge in [-0.2, -0.15) is 4.57 Å². The molecular formula is C22H22Br2N2O6S3. The van der Waals surface area contributed by atoms with Crippen LogP contribution < -0.4 is 14.2 Å². The van der Waals surface area contributed by atoms with Crippen LogP contribution in [0.2, 0.25) is 0 Å². The fourth-order valence-electron chi connectivity index (χ4n) is 3.98. The molecule has 1 unspecified atom stereocenters. The van der Waals surface area contributed by atoms with E-state index in [9.17, 15) is 22.9 Å². The van der Waals surface area contributed by atoms with Crippen molar-refractivity contribution in [3.05, 3.63) is 43.1 Å². The number of anilines is 1. The molecule has 35 heavy (non-hydrogen) atoms. The topological polar surface area (TPSA) is 111 Å². The number of thiazole rings is 1. The second-order valence-corrected chi connectivity index (χ2v) is 14.2. The Labute approximate surface area is 227 Å². The smallest absolute Gasteiger partial charge is 0.370 e. The summed E-state index contributed by atoms with van der Waals surface area (Å²) < 4.78 is 44.3. The Hall–Kier alpha value is -1.51. The Bertz CT molecular complexity index is 1400. The van der Waals surface area contributed by atoms with Gasteiger partial charge in [0.05, 0.1) is 19.6 Å². The van der Waals surface area contributed by atoms with Gasteiger partial charge in [0, 0.05) is 35.3 Å². The molecule has 1 N–H and O–H groups in total. The van der Waals surface area contributed by atoms with E-state index in [2.05, 4.69) is 31.9 Å². The summed E-state index contributed by atoms with van der Waals surface area (Å²) in [6.07, 6.45) is 3.11. The van der Waals surface area contributed by atoms with Crippen LogP contribution in [0.1, 0.15) is 31.2 Å². The molecule has 0 amide bonds. The van der Waals surface area contributed by atoms with Crippen LogP contribution in [0, 0.1) is 0 Å². The molecule has 3 heterocycles. The average molecular weight is 666 g/mol. The van der Waals surface area contributed by atoms with Gasteiger partial charge in [-0.25, -0.2) is 13.2 Å². The molecule has 13 heteroatoms. The van der Waals surface area contributed by atoms with Gasteiger partial charge in [-0.05, 0) is 47.0 Å². The molecule has 0 saturated carbocycles. The Morgan fingerprint density at radius 3 is 2.77 bits per heavy atom. The first kappa shape index (κ1) is 26.6. The molecule has 1 aliphatic rings. The number of fused-ring (bicyclic) bond motifs is 2. The van der Waals surface area contributed by atoms with Crippen molar-refractivity contribution < 1.29 is 32.2 Å². The van der Waals surface area contributed by atoms with Crippen LogP contribution in [0.3, 0.4) is 0 Å². The number of carboxylic acids is 1. The number of hydrogen-bond donors (Lipinski definition) is 1. The zero-order valence-electron chi connectivity index (χ0n) is 18.6. The molecule has 0 fully saturated rings. The number of nitrogens with zero attached hydrogens (tertiary/aromatic N) is 2. The standard InChI is InChI=1S/C22H22Br2N2O6S3/c1-2-13(9-20-26(12-21(27)28)16-11-18(24)33-22(16)34-20)8-19-25(6-3-7-35(29,30)31)15-10-14(23)4-5-17(15)32-19/h4-5,9-11,19H,2-3,6-8,12H2,1H3,(H-,27,28,29,30,31)/b13-9-. The molecule has 0 radical (unpaired) electrons. The van der Waals surface area contributed by atoms with E-state index in [0.29, 0.717) is 18.7 Å². The summed E-state index contributed by atoms with van der Waals surface area (Å²) >= 11 is 10.1. The van der Waals surface area contributed by atoms with Crippen LogP contribution in [-0.4, -0.2) is 42.6 Å². The summed E-state index contributed by atoms with van der Waals surface area (Å²) in [5, 5.41) is 10.3. The summed E-state index contributed by atoms with van der Waals surface area (Å²) in [5.74, 6) is -0.655. The average Bonchev–Trinajstić information content (AvgIpc) is 3.38. The third kappa shape index (κ3) is 6.44. The number of thiophene rings is 1. The second kappa shape index (κ2) is 10.9. The fourth-order valence-corrected chi connectivity index (χ4v) is 8.12. The molecule has 0 bridgehead atoms. The van der Waals surface area contributed by atoms with E-state index in [1.165, 1.54) is 0 Å². The first-order valence-corrected chi connectivity index (χ1v) is 15.5. The van der Waals surface area contributed by atoms with Gasteiger partial charge in [-0.15, -0.1) is 11.3 Å². The van der Waals surface area contributed by atoms with Crippen molar-refractivity contribution in [3.63, 3.8) is 0 Å². The predicted octanol–water partition coefficient (Wildman–Crippen LogP) is 5.20. The molecule has 2 aromatic heterocycles. The van der Waals surface area contributed by atoms with Crippen molar-refractivity contribution in [3.8, 4) is 5.75 Å². The number of carbonyl (C=O) groups is 1. The molecule has 188 valence electrons. The SMILES string of the molecule is CC/C(=C/c1sc2sc(Br)cc2[n+]1CC(=O)O)CC1Oc2ccc(Br)cc2N1CCCS(=O)(=O)[O-]. The number of aromatic nitrogens is 1. The van der Waals surface area contributed by atoms with Gasteiger partial charge in [0.15, 0.2) is 10.2 Å². The third-order valence-corrected chi connectivity index (χ3v) is 9.70. The van der Waals surface area contributed by atoms with Crippen LogP contribution in [0.25, 0.3) is 15.6 Å². The molecule has 0 aliphatic carbocycles. The minimum Gasteiger partial charge on any atom is -0.748 e. The predicted molar refractivity (Wildman–Crippen MR) is 143 cm³/mol. The zero-order chi connectivity index (χ0) is 25.3. The Morgan fingerprint density at radius 2 is 2.09 bits per heavy atom. The van der Waals surface area contributed by atoms with Crippen molar-refractivity contribution in [1.29, 1.82) is 0 Å². The summed E-state index contributed by atoms with van der Waals surface area (Å²) in [7, 11) is -4.30. The summed E-state index contributed by atoms with van der Waals surface area (Å²) in [4.78, 5) is 13.5. The van der Waals surface area contributed by atoms with Crippen LogP contribution in [0.15, 0.2) is 38.1 Å². The van der Waals surface area contributed by atoms with E-state index in [1.807, 2.05) is 42.2 Å². The lowest BCUT2D eigenvalue weighted by molar-refractivity contribution is -0.657. The number of aliphatic carboxylic acids is 1. The van der Waals surface area contributed by atoms with E-state index < -0.39 is 21.8 Å². The number of carboxylic acid groups (broad SMARTS) is 1. The molecule has 8 nitrogen and oxygen atoms in total. The molecule has 0 spiro atoms. The molecule has 1 aromatic carbocycles. The van der Waals surface area contributed by atoms with E-state index in [0.717, 1.165) is 40.5 Å². The lowest BCUT2D eigenvalue weighted by Gasteiger charge is -2.26. The summed E-state index contributed by atoms with van der Waals surface area (Å²) in [6.45, 7) is 2.25. The van der Waals surface area contributed by atoms with Crippen molar-refractivity contribution in [2.24, 2.45) is 0 Å². The van der Waals surface area contributed by atoms with Gasteiger partial charge in [0.25, 0.3) is 5.01 Å². The Balaban J connectivity index is 1.62. The van der Waals surface area contributed by atoms with Crippen molar-refractivity contribution in [2.45, 2.75) is 39.0 Å². The zero-order valence-corrected chi connectivity index (χ0v) is 24.2. The van der Waals surface area contributed by atoms with Crippen molar-refractivity contribution in [1.82, 2.24) is 0 Å². The molecule has 3 aromatic rings. The lowest BCUT2D eigenvalue weighted by atomic mass is 10.1. The minimum absolute atomic E-state index is 0.138. The third-order valence-electron chi connectivity index (χ3n) is 5.55. The van der Waals surface area contributed by atoms with Crippen LogP contribution >= 0.6 is 54.5 Å². The first-order valence-electron chi connectivity index (χ1n) is 10.7. The number of benzene rings is 1. The summed E-state index contributed by atoms with van der Waals surface area (Å²) in [5.41, 5.74) is 2.78. The normalized spacial score (nSPS) is 16.1. The number of rotatable bonds is 10. The Morgan fingerprint density at radius 1 is 1.31 bits per heavy atom. The maximum atomic E-state index is 11.5. The molecule has 1 aliphatic heterocycles. The fraction of sp³-hybridized carbons (Fsp3) is 0.364. The first-order chi connectivity index (χ1) is 16.5. The van der Waals surface area contributed by atoms with E-state index in [4.69, 9.17) is 4.74 Å². The van der Waals surface area contributed by atoms with Crippen molar-refractivity contribution in [2.75, 3.05) is 17.2 Å². The van der Waals surface area contributed by atoms with Crippen molar-refractivity contribution >= 4 is 91.9 Å². The van der Waals surface area contributed by atoms with Gasteiger partial charge in [0.1, 0.15) is 5.75 Å². The maximum Gasteiger partial charge on any atom is 0.370 e. The van der Waals surface area contributed by atoms with Crippen LogP contribution in [-0.2, 0) is 21.5 Å². The quantitative estimate of drug-likeness (QED) is 0.234. The van der Waals surface area contributed by atoms with Crippen LogP contribution in [0.4, 0.5) is 5.69 Å². The van der Waals surface area contributed by atoms with Crippen LogP contribution in [0.5, 0.6) is 5.75 Å². The highest BCUT2D eigenvalue weighted by molar-refractivity contribution is 9.11. The van der Waals surface area contributed by atoms with E-state index in [1.54, 1.807) is 27.2 Å². The molecular weight excluding hydrogens is 644 g/mol. The molecule has 4 rings (SSSR count). The monoisotopic (exact) mass is 664 g/mol. The van der Waals surface area contributed by atoms with Gasteiger partial charge < -0.3 is 19.3 Å². The van der Waals surface area contributed by atoms with E-state index >= 15 is 0 Å². The lowest BCUT2D eigenvalue weighted by Crippen LogP contribution is -2.39. The Kier molecular flexibility index (Phi) is 8.23. The maximum absolute atomic E-state index is 11.5. The highest BCUT2D eigenvalue weighted by atomic mass is 79.9. The molecule has 1 atom stereocenters. The van der Waals surface area contributed by atoms with Gasteiger partial charge >= 0.3 is 5.97 Å². The highest BCUT2D eigenvalue weighted by Crippen LogP contribution is 2.41. The minimum atomic E-state index is -4.30. The molecule has 0 saturated heterocycles. The highest BCUT2D eigenvalue weighted by Gasteiger charge is 2.32. The van der Waals surface area contributed by atoms with Gasteiger partial charge in [0.2, 0.25) is 12.1 Å².